The molecule has 2 rings (SSSR count). The Labute approximate surface area is 144 Å². The zero-order valence-electron chi connectivity index (χ0n) is 15.0. The van der Waals surface area contributed by atoms with Crippen molar-refractivity contribution in [3.63, 3.8) is 0 Å². The minimum Gasteiger partial charge on any atom is -0.376 e. The van der Waals surface area contributed by atoms with Gasteiger partial charge in [0.25, 0.3) is 0 Å². The molecule has 0 radical (unpaired) electrons. The van der Waals surface area contributed by atoms with Crippen molar-refractivity contribution in [2.24, 2.45) is 0 Å². The molecule has 0 bridgehead atoms. The molecule has 4 nitrogen and oxygen atoms in total. The summed E-state index contributed by atoms with van der Waals surface area (Å²) in [6, 6.07) is 14.2. The number of hydrogen-bond donors (Lipinski definition) is 2. The van der Waals surface area contributed by atoms with E-state index >= 15 is 0 Å². The molecule has 2 aromatic carbocycles. The molecule has 0 aliphatic rings. The Morgan fingerprint density at radius 3 is 2.42 bits per heavy atom. The van der Waals surface area contributed by atoms with Gasteiger partial charge in [-0.2, -0.15) is 0 Å². The maximum atomic E-state index is 12.2. The zero-order valence-corrected chi connectivity index (χ0v) is 15.0. The summed E-state index contributed by atoms with van der Waals surface area (Å²) in [4.78, 5) is 14.5. The fraction of sp³-hybridized carbons (Fsp3) is 0.350. The van der Waals surface area contributed by atoms with Crippen LogP contribution in [0.3, 0.4) is 0 Å². The van der Waals surface area contributed by atoms with E-state index in [-0.39, 0.29) is 12.5 Å². The van der Waals surface area contributed by atoms with E-state index in [1.54, 1.807) is 0 Å². The van der Waals surface area contributed by atoms with E-state index in [0.717, 1.165) is 30.0 Å². The average molecular weight is 325 g/mol. The first-order chi connectivity index (χ1) is 11.5. The van der Waals surface area contributed by atoms with Gasteiger partial charge < -0.3 is 15.5 Å². The monoisotopic (exact) mass is 325 g/mol. The summed E-state index contributed by atoms with van der Waals surface area (Å²) in [7, 11) is 0. The third-order valence-electron chi connectivity index (χ3n) is 4.08. The lowest BCUT2D eigenvalue weighted by atomic mass is 10.1. The van der Waals surface area contributed by atoms with Crippen LogP contribution in [-0.2, 0) is 4.79 Å². The van der Waals surface area contributed by atoms with Crippen molar-refractivity contribution in [1.29, 1.82) is 0 Å². The first kappa shape index (κ1) is 17.9. The van der Waals surface area contributed by atoms with Crippen LogP contribution in [0.2, 0.25) is 0 Å². The Kier molecular flexibility index (Phi) is 6.24. The van der Waals surface area contributed by atoms with Crippen LogP contribution in [0.25, 0.3) is 0 Å². The number of anilines is 3. The summed E-state index contributed by atoms with van der Waals surface area (Å²) in [6.45, 7) is 10.5. The number of nitrogens with one attached hydrogen (secondary N) is 2. The second-order valence-corrected chi connectivity index (χ2v) is 5.94. The molecule has 0 heterocycles. The summed E-state index contributed by atoms with van der Waals surface area (Å²) < 4.78 is 0. The van der Waals surface area contributed by atoms with Crippen molar-refractivity contribution in [3.8, 4) is 0 Å². The van der Waals surface area contributed by atoms with Crippen molar-refractivity contribution in [3.05, 3.63) is 53.6 Å². The summed E-state index contributed by atoms with van der Waals surface area (Å²) in [5.41, 5.74) is 5.25. The van der Waals surface area contributed by atoms with Crippen LogP contribution in [0.1, 0.15) is 25.0 Å². The number of amides is 1. The van der Waals surface area contributed by atoms with E-state index < -0.39 is 0 Å². The van der Waals surface area contributed by atoms with Crippen LogP contribution >= 0.6 is 0 Å². The molecule has 0 spiro atoms. The minimum absolute atomic E-state index is 0.0461. The number of aryl methyl sites for hydroxylation is 2. The molecule has 0 saturated carbocycles. The maximum absolute atomic E-state index is 12.2. The molecular formula is C20H27N3O. The SMILES string of the molecule is CCN(CC)c1ccc(NC(=O)CNc2cccc(C)c2)c(C)c1. The molecule has 0 atom stereocenters. The molecule has 2 N–H and O–H groups in total. The Balaban J connectivity index is 1.96. The fourth-order valence-corrected chi connectivity index (χ4v) is 2.71. The van der Waals surface area contributed by atoms with E-state index in [1.807, 2.05) is 44.2 Å². The van der Waals surface area contributed by atoms with Crippen molar-refractivity contribution in [1.82, 2.24) is 0 Å². The van der Waals surface area contributed by atoms with E-state index in [1.165, 1.54) is 11.3 Å². The highest BCUT2D eigenvalue weighted by atomic mass is 16.1. The van der Waals surface area contributed by atoms with E-state index in [4.69, 9.17) is 0 Å². The molecule has 2 aromatic rings. The quantitative estimate of drug-likeness (QED) is 0.802. The van der Waals surface area contributed by atoms with Gasteiger partial charge in [0.15, 0.2) is 0 Å². The van der Waals surface area contributed by atoms with Gasteiger partial charge in [-0.15, -0.1) is 0 Å². The first-order valence-electron chi connectivity index (χ1n) is 8.49. The largest absolute Gasteiger partial charge is 0.376 e. The van der Waals surface area contributed by atoms with Gasteiger partial charge in [0.1, 0.15) is 0 Å². The lowest BCUT2D eigenvalue weighted by molar-refractivity contribution is -0.114. The smallest absolute Gasteiger partial charge is 0.243 e. The van der Waals surface area contributed by atoms with Gasteiger partial charge in [0.2, 0.25) is 5.91 Å². The van der Waals surface area contributed by atoms with Gasteiger partial charge in [-0.3, -0.25) is 4.79 Å². The third kappa shape index (κ3) is 4.75. The Morgan fingerprint density at radius 2 is 1.79 bits per heavy atom. The molecule has 24 heavy (non-hydrogen) atoms. The summed E-state index contributed by atoms with van der Waals surface area (Å²) in [5, 5.41) is 6.13. The van der Waals surface area contributed by atoms with Gasteiger partial charge in [-0.25, -0.2) is 0 Å². The highest BCUT2D eigenvalue weighted by Gasteiger charge is 2.08. The van der Waals surface area contributed by atoms with E-state index in [2.05, 4.69) is 41.5 Å². The van der Waals surface area contributed by atoms with E-state index in [9.17, 15) is 4.79 Å². The lowest BCUT2D eigenvalue weighted by Gasteiger charge is -2.22. The molecule has 1 amide bonds. The number of hydrogen-bond acceptors (Lipinski definition) is 3. The lowest BCUT2D eigenvalue weighted by Crippen LogP contribution is -2.23. The maximum Gasteiger partial charge on any atom is 0.243 e. The topological polar surface area (TPSA) is 44.4 Å². The van der Waals surface area contributed by atoms with Crippen molar-refractivity contribution >= 4 is 23.0 Å². The second kappa shape index (κ2) is 8.39. The number of rotatable bonds is 7. The van der Waals surface area contributed by atoms with Gasteiger partial charge in [-0.05, 0) is 69.2 Å². The van der Waals surface area contributed by atoms with Crippen molar-refractivity contribution in [2.45, 2.75) is 27.7 Å². The van der Waals surface area contributed by atoms with Crippen LogP contribution in [-0.4, -0.2) is 25.5 Å². The highest BCUT2D eigenvalue weighted by Crippen LogP contribution is 2.22. The van der Waals surface area contributed by atoms with Crippen LogP contribution in [0.4, 0.5) is 17.1 Å². The molecule has 0 saturated heterocycles. The Hall–Kier alpha value is -2.49. The Bertz CT molecular complexity index is 693. The van der Waals surface area contributed by atoms with Gasteiger partial charge in [0, 0.05) is 30.2 Å². The van der Waals surface area contributed by atoms with Crippen LogP contribution in [0.15, 0.2) is 42.5 Å². The standard InChI is InChI=1S/C20H27N3O/c1-5-23(6-2)18-10-11-19(16(4)13-18)22-20(24)14-21-17-9-7-8-15(3)12-17/h7-13,21H,5-6,14H2,1-4H3,(H,22,24). The second-order valence-electron chi connectivity index (χ2n) is 5.94. The molecule has 4 heteroatoms. The van der Waals surface area contributed by atoms with Crippen LogP contribution < -0.4 is 15.5 Å². The van der Waals surface area contributed by atoms with Crippen LogP contribution in [0, 0.1) is 13.8 Å². The van der Waals surface area contributed by atoms with Gasteiger partial charge in [0.05, 0.1) is 6.54 Å². The Morgan fingerprint density at radius 1 is 1.04 bits per heavy atom. The molecule has 128 valence electrons. The molecule has 0 aliphatic heterocycles. The van der Waals surface area contributed by atoms with Crippen molar-refractivity contribution in [2.75, 3.05) is 35.2 Å². The van der Waals surface area contributed by atoms with Crippen molar-refractivity contribution < 1.29 is 4.79 Å². The van der Waals surface area contributed by atoms with E-state index in [0.29, 0.717) is 0 Å². The molecule has 0 aromatic heterocycles. The first-order valence-corrected chi connectivity index (χ1v) is 8.49. The summed E-state index contributed by atoms with van der Waals surface area (Å²) in [6.07, 6.45) is 0. The number of nitrogens with zero attached hydrogens (tertiary/aromatic N) is 1. The molecule has 0 aliphatic carbocycles. The predicted molar refractivity (Wildman–Crippen MR) is 103 cm³/mol. The molecule has 0 fully saturated rings. The zero-order chi connectivity index (χ0) is 17.5. The molecular weight excluding hydrogens is 298 g/mol. The van der Waals surface area contributed by atoms with Gasteiger partial charge in [-0.1, -0.05) is 12.1 Å². The van der Waals surface area contributed by atoms with Gasteiger partial charge >= 0.3 is 0 Å². The highest BCUT2D eigenvalue weighted by molar-refractivity contribution is 5.94. The average Bonchev–Trinajstić information content (AvgIpc) is 2.56. The predicted octanol–water partition coefficient (Wildman–Crippen LogP) is 4.20. The molecule has 0 unspecified atom stereocenters. The normalized spacial score (nSPS) is 10.3. The minimum atomic E-state index is -0.0461. The fourth-order valence-electron chi connectivity index (χ4n) is 2.71. The number of benzene rings is 2. The summed E-state index contributed by atoms with van der Waals surface area (Å²) in [5.74, 6) is -0.0461. The number of carbonyl (C=O) groups is 1. The third-order valence-corrected chi connectivity index (χ3v) is 4.08. The summed E-state index contributed by atoms with van der Waals surface area (Å²) >= 11 is 0. The van der Waals surface area contributed by atoms with Crippen LogP contribution in [0.5, 0.6) is 0 Å². The number of carbonyl (C=O) groups excluding carboxylic acids is 1.